The van der Waals surface area contributed by atoms with Gasteiger partial charge in [0.2, 0.25) is 17.7 Å². The van der Waals surface area contributed by atoms with Crippen LogP contribution in [-0.2, 0) is 14.4 Å². The van der Waals surface area contributed by atoms with Crippen molar-refractivity contribution >= 4 is 52.1 Å². The van der Waals surface area contributed by atoms with E-state index in [1.807, 2.05) is 64.2 Å². The lowest BCUT2D eigenvalue weighted by molar-refractivity contribution is -0.136. The maximum atomic E-state index is 13.6. The van der Waals surface area contributed by atoms with Gasteiger partial charge in [0, 0.05) is 69.9 Å². The summed E-state index contributed by atoms with van der Waals surface area (Å²) in [5, 5.41) is 11.4. The van der Waals surface area contributed by atoms with Gasteiger partial charge >= 0.3 is 0 Å². The molecule has 3 saturated heterocycles. The molecule has 0 radical (unpaired) electrons. The number of amides is 5. The van der Waals surface area contributed by atoms with Crippen molar-refractivity contribution in [2.24, 2.45) is 0 Å². The number of hydrogen-bond acceptors (Lipinski definition) is 13. The Labute approximate surface area is 421 Å². The maximum absolute atomic E-state index is 13.6. The number of hydrogen-bond donors (Lipinski definition) is 3. The highest BCUT2D eigenvalue weighted by atomic mass is 16.5. The second kappa shape index (κ2) is 24.1. The van der Waals surface area contributed by atoms with Crippen LogP contribution < -0.4 is 21.1 Å². The van der Waals surface area contributed by atoms with Crippen molar-refractivity contribution in [2.75, 3.05) is 70.0 Å². The lowest BCUT2D eigenvalue weighted by atomic mass is 10.0. The molecule has 2 aromatic heterocycles. The molecule has 9 rings (SSSR count). The number of fused-ring (bicyclic) bond motifs is 2. The highest BCUT2D eigenvalue weighted by molar-refractivity contribution is 6.25. The van der Waals surface area contributed by atoms with Crippen LogP contribution in [0, 0.1) is 0 Å². The van der Waals surface area contributed by atoms with E-state index in [1.165, 1.54) is 57.7 Å². The molecule has 4 aliphatic rings. The number of para-hydroxylation sites is 1. The number of nitrogens with two attached hydrogens (primary N) is 1. The minimum absolute atomic E-state index is 0.0135. The summed E-state index contributed by atoms with van der Waals surface area (Å²) >= 11 is 0. The first-order valence-electron chi connectivity index (χ1n) is 26.3. The molecule has 17 heteroatoms. The second-order valence-corrected chi connectivity index (χ2v) is 19.8. The van der Waals surface area contributed by atoms with Crippen LogP contribution in [0.3, 0.4) is 0 Å². The molecule has 6 heterocycles. The predicted molar refractivity (Wildman–Crippen MR) is 276 cm³/mol. The molecule has 72 heavy (non-hydrogen) atoms. The summed E-state index contributed by atoms with van der Waals surface area (Å²) in [6, 6.07) is 21.7. The average molecular weight is 980 g/mol. The Morgan fingerprint density at radius 2 is 1.40 bits per heavy atom. The minimum Gasteiger partial charge on any atom is -0.457 e. The highest BCUT2D eigenvalue weighted by Gasteiger charge is 2.45. The van der Waals surface area contributed by atoms with Gasteiger partial charge in [0.25, 0.3) is 11.8 Å². The van der Waals surface area contributed by atoms with Crippen molar-refractivity contribution in [3.63, 3.8) is 0 Å². The number of rotatable bonds is 23. The van der Waals surface area contributed by atoms with E-state index >= 15 is 0 Å². The molecule has 3 aromatic carbocycles. The molecule has 4 N–H and O–H groups in total. The molecule has 0 bridgehead atoms. The van der Waals surface area contributed by atoms with Crippen LogP contribution in [0.2, 0.25) is 0 Å². The summed E-state index contributed by atoms with van der Waals surface area (Å²) in [4.78, 5) is 81.1. The van der Waals surface area contributed by atoms with Gasteiger partial charge in [-0.1, -0.05) is 75.6 Å². The van der Waals surface area contributed by atoms with E-state index in [-0.39, 0.29) is 30.7 Å². The summed E-state index contributed by atoms with van der Waals surface area (Å²) < 4.78 is 7.97. The zero-order valence-electron chi connectivity index (χ0n) is 41.4. The molecule has 17 nitrogen and oxygen atoms in total. The Morgan fingerprint density at radius 3 is 2.12 bits per heavy atom. The van der Waals surface area contributed by atoms with Crippen LogP contribution in [0.5, 0.6) is 11.5 Å². The number of anilines is 2. The molecular weight excluding hydrogens is 911 g/mol. The second-order valence-electron chi connectivity index (χ2n) is 19.8. The van der Waals surface area contributed by atoms with Gasteiger partial charge in [0.1, 0.15) is 35.4 Å². The predicted octanol–water partition coefficient (Wildman–Crippen LogP) is 7.84. The molecule has 4 aliphatic heterocycles. The number of likely N-dealkylation sites (tertiary alicyclic amines) is 1. The zero-order valence-corrected chi connectivity index (χ0v) is 41.4. The molecule has 3 fully saturated rings. The zero-order chi connectivity index (χ0) is 49.8. The number of benzene rings is 3. The van der Waals surface area contributed by atoms with Crippen LogP contribution in [0.25, 0.3) is 22.3 Å². The first kappa shape index (κ1) is 50.2. The average Bonchev–Trinajstić information content (AvgIpc) is 3.91. The van der Waals surface area contributed by atoms with E-state index in [9.17, 15) is 24.0 Å². The van der Waals surface area contributed by atoms with Crippen molar-refractivity contribution in [1.82, 2.24) is 44.7 Å². The Balaban J connectivity index is 0.606. The Kier molecular flexibility index (Phi) is 16.8. The minimum atomic E-state index is -0.966. The fourth-order valence-corrected chi connectivity index (χ4v) is 10.7. The van der Waals surface area contributed by atoms with E-state index in [0.29, 0.717) is 47.8 Å². The topological polar surface area (TPSA) is 201 Å². The van der Waals surface area contributed by atoms with Gasteiger partial charge in [-0.25, -0.2) is 14.6 Å². The summed E-state index contributed by atoms with van der Waals surface area (Å²) in [5.41, 5.74) is 9.96. The number of piperazine rings is 1. The summed E-state index contributed by atoms with van der Waals surface area (Å²) in [6.45, 7) is 8.44. The Morgan fingerprint density at radius 1 is 0.722 bits per heavy atom. The van der Waals surface area contributed by atoms with E-state index in [2.05, 4.69) is 30.4 Å². The number of ether oxygens (including phenoxy) is 1. The van der Waals surface area contributed by atoms with Crippen molar-refractivity contribution < 1.29 is 28.7 Å². The maximum Gasteiger partial charge on any atom is 0.264 e. The van der Waals surface area contributed by atoms with Crippen molar-refractivity contribution in [3.8, 4) is 22.8 Å². The molecule has 5 aromatic rings. The van der Waals surface area contributed by atoms with Crippen molar-refractivity contribution in [2.45, 2.75) is 115 Å². The van der Waals surface area contributed by atoms with Gasteiger partial charge in [-0.15, -0.1) is 0 Å². The lowest BCUT2D eigenvalue weighted by Gasteiger charge is -2.35. The Hall–Kier alpha value is -6.72. The lowest BCUT2D eigenvalue weighted by Crippen LogP contribution is -2.54. The number of carbonyl (C=O) groups excluding carboxylic acids is 5. The normalized spacial score (nSPS) is 18.7. The third-order valence-electron chi connectivity index (χ3n) is 14.7. The smallest absolute Gasteiger partial charge is 0.264 e. The molecule has 0 aliphatic carbocycles. The fourth-order valence-electron chi connectivity index (χ4n) is 10.7. The van der Waals surface area contributed by atoms with E-state index < -0.39 is 23.8 Å². The summed E-state index contributed by atoms with van der Waals surface area (Å²) in [5.74, 6) is 0.129. The van der Waals surface area contributed by atoms with Crippen LogP contribution in [0.15, 0.2) is 79.1 Å². The number of nitrogens with zero attached hydrogens (tertiary/aromatic N) is 8. The van der Waals surface area contributed by atoms with Gasteiger partial charge in [0.15, 0.2) is 5.65 Å². The summed E-state index contributed by atoms with van der Waals surface area (Å²) in [7, 11) is 0. The third kappa shape index (κ3) is 12.1. The van der Waals surface area contributed by atoms with Gasteiger partial charge in [-0.05, 0) is 100 Å². The molecule has 1 unspecified atom stereocenters. The van der Waals surface area contributed by atoms with Gasteiger partial charge < -0.3 is 30.5 Å². The third-order valence-corrected chi connectivity index (χ3v) is 14.7. The van der Waals surface area contributed by atoms with Crippen LogP contribution in [0.4, 0.5) is 11.5 Å². The number of nitrogens with one attached hydrogen (secondary N) is 2. The number of piperidine rings is 2. The molecule has 0 saturated carbocycles. The Bertz CT molecular complexity index is 2690. The monoisotopic (exact) mass is 980 g/mol. The number of unbranched alkanes of at least 4 members (excludes halogenated alkanes) is 9. The van der Waals surface area contributed by atoms with Gasteiger partial charge in [-0.3, -0.25) is 34.2 Å². The SMILES string of the molecule is Nc1ncnc2c1c(-c1ccc(Oc3ccccc3)cc1)nn2[C@@H]1CCCN(C(=O)CCCN2CCN(CCCCCCCCCCCCNc3cccc4c3C(=O)N(C3CCC(=O)NC3=O)C4=O)CC2)C1. The standard InChI is InChI=1S/C55H69N11O6/c56-51-49-50(39-23-25-42(26-24-39)72-41-18-10-9-11-19-41)61-66(52(49)59-38-58-51)40-17-15-32-64(37-40)47(68)22-16-31-63-35-33-62(34-36-63)30-13-8-6-4-2-1-3-5-7-12-29-57-44-21-14-20-43-48(44)55(71)65(54(43)70)45-27-28-46(67)60-53(45)69/h9-11,14,18-21,23-26,38,40,45,57H,1-8,12-13,15-17,22,27-37H2,(H2,56,58,59)(H,60,67,69)/t40-,45?/m1/s1. The highest BCUT2D eigenvalue weighted by Crippen LogP contribution is 2.36. The fraction of sp³-hybridized carbons (Fsp3) is 0.491. The largest absolute Gasteiger partial charge is 0.457 e. The van der Waals surface area contributed by atoms with Crippen LogP contribution >= 0.6 is 0 Å². The van der Waals surface area contributed by atoms with Crippen LogP contribution in [-0.4, -0.2) is 134 Å². The molecule has 5 amide bonds. The molecule has 380 valence electrons. The van der Waals surface area contributed by atoms with Crippen molar-refractivity contribution in [1.29, 1.82) is 0 Å². The molecule has 2 atom stereocenters. The number of carbonyl (C=O) groups is 5. The van der Waals surface area contributed by atoms with E-state index in [0.717, 1.165) is 111 Å². The number of aromatic nitrogens is 4. The number of nitrogen functional groups attached to an aromatic ring is 1. The quantitative estimate of drug-likeness (QED) is 0.0423. The van der Waals surface area contributed by atoms with Crippen LogP contribution in [0.1, 0.15) is 129 Å². The summed E-state index contributed by atoms with van der Waals surface area (Å²) in [6.07, 6.45) is 17.0. The molecule has 0 spiro atoms. The van der Waals surface area contributed by atoms with E-state index in [1.54, 1.807) is 18.2 Å². The molecular formula is C55H69N11O6. The van der Waals surface area contributed by atoms with Crippen molar-refractivity contribution in [3.05, 3.63) is 90.3 Å². The van der Waals surface area contributed by atoms with Gasteiger partial charge in [-0.2, -0.15) is 5.10 Å². The van der Waals surface area contributed by atoms with E-state index in [4.69, 9.17) is 15.6 Å². The first-order valence-corrected chi connectivity index (χ1v) is 26.3. The number of imide groups is 2. The van der Waals surface area contributed by atoms with Gasteiger partial charge in [0.05, 0.1) is 22.6 Å². The first-order chi connectivity index (χ1) is 35.2.